The van der Waals surface area contributed by atoms with Gasteiger partial charge in [-0.15, -0.1) is 0 Å². The highest BCUT2D eigenvalue weighted by molar-refractivity contribution is 5.82. The predicted octanol–water partition coefficient (Wildman–Crippen LogP) is 1.31. The normalized spacial score (nSPS) is 35.5. The fourth-order valence-corrected chi connectivity index (χ4v) is 2.96. The molecule has 3 heteroatoms. The van der Waals surface area contributed by atoms with Crippen molar-refractivity contribution in [2.75, 3.05) is 6.61 Å². The van der Waals surface area contributed by atoms with Crippen LogP contribution < -0.4 is 5.32 Å². The van der Waals surface area contributed by atoms with Crippen LogP contribution in [-0.4, -0.2) is 23.7 Å². The summed E-state index contributed by atoms with van der Waals surface area (Å²) in [7, 11) is 0. The molecule has 3 nitrogen and oxygen atoms in total. The van der Waals surface area contributed by atoms with Gasteiger partial charge >= 0.3 is 0 Å². The molecule has 15 heavy (non-hydrogen) atoms. The summed E-state index contributed by atoms with van der Waals surface area (Å²) >= 11 is 0. The smallest absolute Gasteiger partial charge is 0.223 e. The van der Waals surface area contributed by atoms with Crippen molar-refractivity contribution in [3.63, 3.8) is 0 Å². The van der Waals surface area contributed by atoms with E-state index in [0.29, 0.717) is 11.8 Å². The van der Waals surface area contributed by atoms with Crippen molar-refractivity contribution in [1.82, 2.24) is 5.32 Å². The Morgan fingerprint density at radius 1 is 1.40 bits per heavy atom. The highest BCUT2D eigenvalue weighted by Crippen LogP contribution is 2.55. The molecule has 0 radical (unpaired) electrons. The first-order chi connectivity index (χ1) is 7.27. The summed E-state index contributed by atoms with van der Waals surface area (Å²) in [5, 5.41) is 12.0. The van der Waals surface area contributed by atoms with Crippen molar-refractivity contribution < 1.29 is 9.90 Å². The summed E-state index contributed by atoms with van der Waals surface area (Å²) in [6.07, 6.45) is 5.87. The molecular formula is C12H21NO2. The second-order valence-corrected chi connectivity index (χ2v) is 4.93. The first kappa shape index (κ1) is 10.9. The molecule has 0 bridgehead atoms. The zero-order valence-corrected chi connectivity index (χ0v) is 9.41. The molecule has 1 amide bonds. The summed E-state index contributed by atoms with van der Waals surface area (Å²) in [6.45, 7) is 2.05. The fraction of sp³-hybridized carbons (Fsp3) is 0.917. The minimum absolute atomic E-state index is 0.0415. The third-order valence-corrected chi connectivity index (χ3v) is 4.02. The Labute approximate surface area is 91.2 Å². The minimum Gasteiger partial charge on any atom is -0.394 e. The van der Waals surface area contributed by atoms with Gasteiger partial charge in [0.25, 0.3) is 0 Å². The van der Waals surface area contributed by atoms with E-state index in [2.05, 4.69) is 5.32 Å². The second kappa shape index (κ2) is 4.52. The van der Waals surface area contributed by atoms with Crippen LogP contribution >= 0.6 is 0 Å². The largest absolute Gasteiger partial charge is 0.394 e. The van der Waals surface area contributed by atoms with Crippen molar-refractivity contribution in [2.45, 2.75) is 45.1 Å². The van der Waals surface area contributed by atoms with E-state index in [4.69, 9.17) is 5.11 Å². The molecule has 2 rings (SSSR count). The average Bonchev–Trinajstić information content (AvgIpc) is 2.99. The van der Waals surface area contributed by atoms with E-state index in [0.717, 1.165) is 6.42 Å². The van der Waals surface area contributed by atoms with E-state index in [9.17, 15) is 4.79 Å². The van der Waals surface area contributed by atoms with Crippen LogP contribution in [0.4, 0.5) is 0 Å². The van der Waals surface area contributed by atoms with E-state index in [-0.39, 0.29) is 24.5 Å². The lowest BCUT2D eigenvalue weighted by molar-refractivity contribution is -0.123. The lowest BCUT2D eigenvalue weighted by Crippen LogP contribution is -2.38. The van der Waals surface area contributed by atoms with E-state index in [1.54, 1.807) is 0 Å². The lowest BCUT2D eigenvalue weighted by atomic mass is 10.0. The molecule has 2 unspecified atom stereocenters. The number of aliphatic hydroxyl groups excluding tert-OH is 1. The van der Waals surface area contributed by atoms with Gasteiger partial charge < -0.3 is 10.4 Å². The van der Waals surface area contributed by atoms with Gasteiger partial charge in [0.2, 0.25) is 5.91 Å². The molecule has 2 fully saturated rings. The Kier molecular flexibility index (Phi) is 3.29. The first-order valence-electron chi connectivity index (χ1n) is 6.19. The third-order valence-electron chi connectivity index (χ3n) is 4.02. The molecule has 86 valence electrons. The number of aliphatic hydroxyl groups is 1. The molecule has 2 saturated carbocycles. The zero-order chi connectivity index (χ0) is 10.8. The number of carbonyl (C=O) groups excluding carboxylic acids is 1. The highest BCUT2D eigenvalue weighted by Gasteiger charge is 2.54. The molecule has 0 saturated heterocycles. The fourth-order valence-electron chi connectivity index (χ4n) is 2.96. The topological polar surface area (TPSA) is 49.3 Å². The molecular weight excluding hydrogens is 190 g/mol. The van der Waals surface area contributed by atoms with Gasteiger partial charge in [-0.2, -0.15) is 0 Å². The molecule has 0 heterocycles. The Morgan fingerprint density at radius 2 is 2.00 bits per heavy atom. The summed E-state index contributed by atoms with van der Waals surface area (Å²) in [5.41, 5.74) is 0. The van der Waals surface area contributed by atoms with E-state index < -0.39 is 0 Å². The maximum absolute atomic E-state index is 11.9. The number of rotatable bonds is 4. The molecule has 0 aromatic heterocycles. The van der Waals surface area contributed by atoms with Gasteiger partial charge in [0.05, 0.1) is 12.6 Å². The molecule has 0 aliphatic heterocycles. The van der Waals surface area contributed by atoms with Crippen LogP contribution in [0, 0.1) is 17.8 Å². The van der Waals surface area contributed by atoms with Gasteiger partial charge in [-0.25, -0.2) is 0 Å². The van der Waals surface area contributed by atoms with Crippen molar-refractivity contribution >= 4 is 5.91 Å². The standard InChI is InChI=1S/C12H21NO2/c1-2-8(7-14)13-12(15)11-9-5-3-4-6-10(9)11/h8-11,14H,2-7H2,1H3,(H,13,15)/t8-,9?,10?,11?/m1/s1. The van der Waals surface area contributed by atoms with Crippen LogP contribution in [0.2, 0.25) is 0 Å². The van der Waals surface area contributed by atoms with Crippen molar-refractivity contribution in [3.8, 4) is 0 Å². The number of fused-ring (bicyclic) bond motifs is 1. The van der Waals surface area contributed by atoms with Gasteiger partial charge in [-0.1, -0.05) is 19.8 Å². The number of hydrogen-bond acceptors (Lipinski definition) is 2. The third kappa shape index (κ3) is 2.17. The summed E-state index contributed by atoms with van der Waals surface area (Å²) in [6, 6.07) is -0.0415. The van der Waals surface area contributed by atoms with Gasteiger partial charge in [-0.3, -0.25) is 4.79 Å². The van der Waals surface area contributed by atoms with Crippen molar-refractivity contribution in [3.05, 3.63) is 0 Å². The first-order valence-corrected chi connectivity index (χ1v) is 6.19. The van der Waals surface area contributed by atoms with Crippen LogP contribution in [0.5, 0.6) is 0 Å². The van der Waals surface area contributed by atoms with E-state index in [1.165, 1.54) is 25.7 Å². The van der Waals surface area contributed by atoms with Crippen molar-refractivity contribution in [2.24, 2.45) is 17.8 Å². The number of nitrogens with one attached hydrogen (secondary N) is 1. The van der Waals surface area contributed by atoms with Crippen LogP contribution in [0.3, 0.4) is 0 Å². The van der Waals surface area contributed by atoms with Gasteiger partial charge in [-0.05, 0) is 31.1 Å². The van der Waals surface area contributed by atoms with Crippen LogP contribution in [0.25, 0.3) is 0 Å². The monoisotopic (exact) mass is 211 g/mol. The molecule has 0 aromatic carbocycles. The van der Waals surface area contributed by atoms with Gasteiger partial charge in [0, 0.05) is 5.92 Å². The van der Waals surface area contributed by atoms with E-state index in [1.807, 2.05) is 6.92 Å². The maximum atomic E-state index is 11.9. The minimum atomic E-state index is -0.0415. The molecule has 3 atom stereocenters. The van der Waals surface area contributed by atoms with E-state index >= 15 is 0 Å². The quantitative estimate of drug-likeness (QED) is 0.736. The molecule has 0 spiro atoms. The molecule has 0 aromatic rings. The Bertz CT molecular complexity index is 226. The SMILES string of the molecule is CC[C@H](CO)NC(=O)C1C2CCCCC21. The Morgan fingerprint density at radius 3 is 2.47 bits per heavy atom. The van der Waals surface area contributed by atoms with Crippen LogP contribution in [0.1, 0.15) is 39.0 Å². The number of hydrogen-bond donors (Lipinski definition) is 2. The number of carbonyl (C=O) groups is 1. The molecule has 2 aliphatic rings. The van der Waals surface area contributed by atoms with Crippen LogP contribution in [0.15, 0.2) is 0 Å². The molecule has 2 N–H and O–H groups in total. The predicted molar refractivity (Wildman–Crippen MR) is 58.2 cm³/mol. The summed E-state index contributed by atoms with van der Waals surface area (Å²) in [5.74, 6) is 1.78. The van der Waals surface area contributed by atoms with Crippen molar-refractivity contribution in [1.29, 1.82) is 0 Å². The lowest BCUT2D eigenvalue weighted by Gasteiger charge is -2.13. The molecule has 2 aliphatic carbocycles. The second-order valence-electron chi connectivity index (χ2n) is 4.93. The zero-order valence-electron chi connectivity index (χ0n) is 9.41. The van der Waals surface area contributed by atoms with Crippen LogP contribution in [-0.2, 0) is 4.79 Å². The maximum Gasteiger partial charge on any atom is 0.223 e. The summed E-state index contributed by atoms with van der Waals surface area (Å²) in [4.78, 5) is 11.9. The highest BCUT2D eigenvalue weighted by atomic mass is 16.3. The Hall–Kier alpha value is -0.570. The average molecular weight is 211 g/mol. The van der Waals surface area contributed by atoms with Gasteiger partial charge in [0.15, 0.2) is 0 Å². The van der Waals surface area contributed by atoms with Gasteiger partial charge in [0.1, 0.15) is 0 Å². The summed E-state index contributed by atoms with van der Waals surface area (Å²) < 4.78 is 0. The Balaban J connectivity index is 1.82. The number of amides is 1.